The van der Waals surface area contributed by atoms with Gasteiger partial charge in [0.25, 0.3) is 0 Å². The molecule has 0 aliphatic carbocycles. The van der Waals surface area contributed by atoms with Gasteiger partial charge in [-0.25, -0.2) is 0 Å². The fraction of sp³-hybridized carbons (Fsp3) is 0.182. The van der Waals surface area contributed by atoms with Crippen molar-refractivity contribution in [3.63, 3.8) is 0 Å². The number of fused-ring (bicyclic) bond motifs is 1. The van der Waals surface area contributed by atoms with Gasteiger partial charge in [0.05, 0.1) is 0 Å². The van der Waals surface area contributed by atoms with Gasteiger partial charge in [-0.3, -0.25) is 0 Å². The Kier molecular flexibility index (Phi) is 3.85. The number of rotatable bonds is 2. The van der Waals surface area contributed by atoms with Crippen molar-refractivity contribution in [1.82, 2.24) is 0 Å². The number of azide groups is 1. The van der Waals surface area contributed by atoms with Crippen molar-refractivity contribution in [1.29, 1.82) is 0 Å². The Balaban J connectivity index is 2.09. The fourth-order valence-corrected chi connectivity index (χ4v) is 4.61. The molecule has 17 heavy (non-hydrogen) atoms. The normalized spacial score (nSPS) is 14.1. The summed E-state index contributed by atoms with van der Waals surface area (Å²) in [4.78, 5) is 14.1. The van der Waals surface area contributed by atoms with Crippen LogP contribution in [-0.2, 0) is 3.07 Å². The van der Waals surface area contributed by atoms with E-state index >= 15 is 0 Å². The Morgan fingerprint density at radius 1 is 1.47 bits per heavy atom. The molecular formula is C11H8IN3O2. The molecule has 1 aromatic rings. The van der Waals surface area contributed by atoms with Crippen LogP contribution < -0.4 is 0 Å². The van der Waals surface area contributed by atoms with Crippen molar-refractivity contribution in [3.8, 4) is 9.85 Å². The Bertz CT molecular complexity index is 555. The van der Waals surface area contributed by atoms with E-state index in [4.69, 9.17) is 8.60 Å². The van der Waals surface area contributed by atoms with Crippen molar-refractivity contribution in [2.45, 2.75) is 6.42 Å². The van der Waals surface area contributed by atoms with Gasteiger partial charge in [-0.1, -0.05) is 0 Å². The van der Waals surface area contributed by atoms with Gasteiger partial charge in [-0.15, -0.1) is 0 Å². The number of halogens is 1. The van der Waals surface area contributed by atoms with Crippen LogP contribution in [0, 0.1) is 13.4 Å². The molecule has 1 heterocycles. The average Bonchev–Trinajstić information content (AvgIpc) is 2.67. The molecule has 0 bridgehead atoms. The molecule has 0 spiro atoms. The number of carbonyl (C=O) groups is 1. The molecule has 0 saturated heterocycles. The van der Waals surface area contributed by atoms with E-state index < -0.39 is 20.2 Å². The monoisotopic (exact) mass is 341 g/mol. The zero-order valence-corrected chi connectivity index (χ0v) is 10.9. The van der Waals surface area contributed by atoms with E-state index in [0.717, 1.165) is 3.57 Å². The second kappa shape index (κ2) is 5.57. The summed E-state index contributed by atoms with van der Waals surface area (Å²) in [5.74, 6) is 2.63. The van der Waals surface area contributed by atoms with Gasteiger partial charge in [-0.2, -0.15) is 0 Å². The molecule has 0 radical (unpaired) electrons. The molecule has 0 unspecified atom stereocenters. The first-order valence-corrected chi connectivity index (χ1v) is 7.88. The number of hydrogen-bond donors (Lipinski definition) is 0. The van der Waals surface area contributed by atoms with Gasteiger partial charge in [0.2, 0.25) is 0 Å². The maximum atomic E-state index is 11.5. The molecule has 1 aromatic carbocycles. The number of hydrogen-bond acceptors (Lipinski definition) is 3. The summed E-state index contributed by atoms with van der Waals surface area (Å²) in [5.41, 5.74) is 8.73. The minimum atomic E-state index is -2.12. The predicted molar refractivity (Wildman–Crippen MR) is 71.0 cm³/mol. The summed E-state index contributed by atoms with van der Waals surface area (Å²) in [6, 6.07) is 7.35. The van der Waals surface area contributed by atoms with Crippen LogP contribution >= 0.6 is 20.2 Å². The van der Waals surface area contributed by atoms with E-state index in [2.05, 4.69) is 19.9 Å². The summed E-state index contributed by atoms with van der Waals surface area (Å²) < 4.78 is 9.24. The second-order valence-electron chi connectivity index (χ2n) is 3.07. The summed E-state index contributed by atoms with van der Waals surface area (Å²) in [5, 5.41) is 3.38. The number of nitrogens with zero attached hydrogens (tertiary/aromatic N) is 3. The SMILES string of the molecule is [N-]=[N+]=NCCC#CI1OC(=O)c2ccccc21. The van der Waals surface area contributed by atoms with Gasteiger partial charge in [-0.05, 0) is 0 Å². The third kappa shape index (κ3) is 2.70. The van der Waals surface area contributed by atoms with Crippen LogP contribution in [0.3, 0.4) is 0 Å². The summed E-state index contributed by atoms with van der Waals surface area (Å²) >= 11 is -2.12. The zero-order chi connectivity index (χ0) is 12.1. The molecule has 0 saturated carbocycles. The number of carbonyl (C=O) groups excluding carboxylic acids is 1. The molecule has 0 fully saturated rings. The van der Waals surface area contributed by atoms with Crippen molar-refractivity contribution < 1.29 is 7.86 Å². The van der Waals surface area contributed by atoms with Crippen molar-refractivity contribution in [2.24, 2.45) is 5.11 Å². The van der Waals surface area contributed by atoms with Crippen molar-refractivity contribution in [2.75, 3.05) is 6.54 Å². The third-order valence-electron chi connectivity index (χ3n) is 1.98. The van der Waals surface area contributed by atoms with Crippen molar-refractivity contribution >= 4 is 26.2 Å². The molecule has 1 aliphatic heterocycles. The summed E-state index contributed by atoms with van der Waals surface area (Å²) in [6.07, 6.45) is 0.498. The maximum absolute atomic E-state index is 11.5. The molecule has 86 valence electrons. The molecular weight excluding hydrogens is 333 g/mol. The Hall–Kier alpha value is -1.71. The molecule has 2 rings (SSSR count). The molecule has 0 aromatic heterocycles. The quantitative estimate of drug-likeness (QED) is 0.207. The average molecular weight is 341 g/mol. The Morgan fingerprint density at radius 2 is 2.29 bits per heavy atom. The van der Waals surface area contributed by atoms with E-state index in [-0.39, 0.29) is 5.97 Å². The van der Waals surface area contributed by atoms with Crippen LogP contribution in [0.2, 0.25) is 0 Å². The van der Waals surface area contributed by atoms with E-state index in [1.54, 1.807) is 6.07 Å². The van der Waals surface area contributed by atoms with Crippen LogP contribution in [-0.4, -0.2) is 12.5 Å². The van der Waals surface area contributed by atoms with E-state index in [1.165, 1.54) is 0 Å². The van der Waals surface area contributed by atoms with Crippen LogP contribution in [0.25, 0.3) is 10.4 Å². The van der Waals surface area contributed by atoms with Gasteiger partial charge in [0, 0.05) is 0 Å². The number of benzene rings is 1. The second-order valence-corrected chi connectivity index (χ2v) is 6.63. The third-order valence-corrected chi connectivity index (χ3v) is 5.69. The van der Waals surface area contributed by atoms with Crippen LogP contribution in [0.1, 0.15) is 16.8 Å². The minimum absolute atomic E-state index is 0.268. The fourth-order valence-electron chi connectivity index (χ4n) is 1.26. The van der Waals surface area contributed by atoms with Gasteiger partial charge >= 0.3 is 106 Å². The van der Waals surface area contributed by atoms with Crippen LogP contribution in [0.5, 0.6) is 0 Å². The molecule has 0 atom stereocenters. The topological polar surface area (TPSA) is 75.1 Å². The summed E-state index contributed by atoms with van der Waals surface area (Å²) in [7, 11) is 0. The summed E-state index contributed by atoms with van der Waals surface area (Å²) in [6.45, 7) is 0.350. The van der Waals surface area contributed by atoms with E-state index in [0.29, 0.717) is 18.5 Å². The first kappa shape index (κ1) is 11.8. The standard InChI is InChI=1S/C11H8IN3O2/c13-15-14-8-4-3-7-12-10-6-2-1-5-9(10)11(16)17-12/h1-2,5-6H,4,8H2. The predicted octanol–water partition coefficient (Wildman–Crippen LogP) is 3.11. The molecule has 1 aliphatic rings. The van der Waals surface area contributed by atoms with Gasteiger partial charge < -0.3 is 0 Å². The van der Waals surface area contributed by atoms with E-state index in [1.807, 2.05) is 18.2 Å². The molecule has 0 amide bonds. The van der Waals surface area contributed by atoms with Crippen LogP contribution in [0.15, 0.2) is 29.4 Å². The van der Waals surface area contributed by atoms with Crippen LogP contribution in [0.4, 0.5) is 0 Å². The molecule has 0 N–H and O–H groups in total. The van der Waals surface area contributed by atoms with Gasteiger partial charge in [0.1, 0.15) is 0 Å². The first-order chi connectivity index (χ1) is 8.33. The van der Waals surface area contributed by atoms with Crippen molar-refractivity contribution in [3.05, 3.63) is 43.8 Å². The van der Waals surface area contributed by atoms with E-state index in [9.17, 15) is 4.79 Å². The van der Waals surface area contributed by atoms with Gasteiger partial charge in [0.15, 0.2) is 0 Å². The zero-order valence-electron chi connectivity index (χ0n) is 8.76. The Morgan fingerprint density at radius 3 is 3.12 bits per heavy atom. The molecule has 6 heteroatoms. The Labute approximate surface area is 106 Å². The first-order valence-electron chi connectivity index (χ1n) is 4.84. The molecule has 5 nitrogen and oxygen atoms in total.